The Bertz CT molecular complexity index is 531. The number of thiophene rings is 1. The fourth-order valence-electron chi connectivity index (χ4n) is 1.76. The van der Waals surface area contributed by atoms with Crippen molar-refractivity contribution in [3.05, 3.63) is 33.8 Å². The molecule has 0 saturated heterocycles. The summed E-state index contributed by atoms with van der Waals surface area (Å²) in [6, 6.07) is 2.74. The number of aromatic nitrogens is 2. The van der Waals surface area contributed by atoms with Crippen molar-refractivity contribution in [1.29, 1.82) is 0 Å². The van der Waals surface area contributed by atoms with Crippen LogP contribution in [0.1, 0.15) is 29.2 Å². The minimum Gasteiger partial charge on any atom is -0.486 e. The van der Waals surface area contributed by atoms with Crippen LogP contribution in [0.15, 0.2) is 18.5 Å². The molecule has 5 heteroatoms. The van der Waals surface area contributed by atoms with Gasteiger partial charge >= 0.3 is 0 Å². The lowest BCUT2D eigenvalue weighted by Gasteiger charge is -2.05. The van der Waals surface area contributed by atoms with E-state index >= 15 is 0 Å². The topological polar surface area (TPSA) is 39.1 Å². The lowest BCUT2D eigenvalue weighted by Crippen LogP contribution is -2.21. The number of nitrogens with one attached hydrogen (secondary N) is 1. The van der Waals surface area contributed by atoms with Gasteiger partial charge < -0.3 is 10.1 Å². The molecule has 0 unspecified atom stereocenters. The monoisotopic (exact) mass is 279 g/mol. The van der Waals surface area contributed by atoms with Crippen molar-refractivity contribution in [3.8, 4) is 5.75 Å². The molecule has 0 saturated carbocycles. The number of rotatable bonds is 6. The summed E-state index contributed by atoms with van der Waals surface area (Å²) in [6.07, 6.45) is 3.62. The van der Waals surface area contributed by atoms with E-state index in [1.165, 1.54) is 15.3 Å². The predicted octanol–water partition coefficient (Wildman–Crippen LogP) is 2.87. The maximum atomic E-state index is 5.74. The lowest BCUT2D eigenvalue weighted by molar-refractivity contribution is 0.305. The van der Waals surface area contributed by atoms with Crippen LogP contribution in [0.25, 0.3) is 0 Å². The highest BCUT2D eigenvalue weighted by atomic mass is 32.1. The minimum atomic E-state index is 0.512. The standard InChI is InChI=1S/C14H21N3OS/c1-10(2)15-7-14-5-12(11(3)19-14)9-18-13-6-16-17(4)8-13/h5-6,8,10,15H,7,9H2,1-4H3. The molecule has 0 spiro atoms. The zero-order valence-electron chi connectivity index (χ0n) is 11.9. The second-order valence-electron chi connectivity index (χ2n) is 4.97. The number of aryl methyl sites for hydroxylation is 2. The summed E-state index contributed by atoms with van der Waals surface area (Å²) in [6.45, 7) is 8.00. The molecule has 0 fully saturated rings. The van der Waals surface area contributed by atoms with Crippen molar-refractivity contribution in [2.24, 2.45) is 7.05 Å². The molecule has 0 atom stereocenters. The first-order chi connectivity index (χ1) is 9.04. The van der Waals surface area contributed by atoms with E-state index in [1.807, 2.05) is 24.6 Å². The van der Waals surface area contributed by atoms with Gasteiger partial charge in [-0.05, 0) is 13.0 Å². The van der Waals surface area contributed by atoms with Crippen LogP contribution in [0.2, 0.25) is 0 Å². The van der Waals surface area contributed by atoms with E-state index in [9.17, 15) is 0 Å². The van der Waals surface area contributed by atoms with Crippen molar-refractivity contribution in [3.63, 3.8) is 0 Å². The van der Waals surface area contributed by atoms with E-state index in [0.29, 0.717) is 12.6 Å². The molecular formula is C14H21N3OS. The molecule has 2 rings (SSSR count). The first-order valence-electron chi connectivity index (χ1n) is 6.47. The fourth-order valence-corrected chi connectivity index (χ4v) is 2.76. The van der Waals surface area contributed by atoms with Gasteiger partial charge in [0.05, 0.1) is 12.4 Å². The van der Waals surface area contributed by atoms with Crippen molar-refractivity contribution in [1.82, 2.24) is 15.1 Å². The Balaban J connectivity index is 1.93. The smallest absolute Gasteiger partial charge is 0.157 e. The molecular weight excluding hydrogens is 258 g/mol. The second kappa shape index (κ2) is 6.21. The summed E-state index contributed by atoms with van der Waals surface area (Å²) in [5.74, 6) is 0.815. The molecule has 2 aromatic heterocycles. The van der Waals surface area contributed by atoms with E-state index in [0.717, 1.165) is 12.3 Å². The summed E-state index contributed by atoms with van der Waals surface area (Å²) in [5.41, 5.74) is 1.26. The molecule has 2 heterocycles. The van der Waals surface area contributed by atoms with Crippen LogP contribution in [0.4, 0.5) is 0 Å². The second-order valence-corrected chi connectivity index (χ2v) is 6.31. The highest BCUT2D eigenvalue weighted by Gasteiger charge is 2.07. The van der Waals surface area contributed by atoms with Gasteiger partial charge in [-0.25, -0.2) is 0 Å². The van der Waals surface area contributed by atoms with E-state index < -0.39 is 0 Å². The summed E-state index contributed by atoms with van der Waals surface area (Å²) in [5, 5.41) is 7.53. The van der Waals surface area contributed by atoms with Crippen LogP contribution in [0.5, 0.6) is 5.75 Å². The van der Waals surface area contributed by atoms with E-state index in [-0.39, 0.29) is 0 Å². The van der Waals surface area contributed by atoms with Gasteiger partial charge in [0, 0.05) is 35.0 Å². The van der Waals surface area contributed by atoms with Gasteiger partial charge in [-0.3, -0.25) is 4.68 Å². The average Bonchev–Trinajstić information content (AvgIpc) is 2.90. The van der Waals surface area contributed by atoms with Crippen LogP contribution in [-0.4, -0.2) is 15.8 Å². The van der Waals surface area contributed by atoms with Crippen LogP contribution in [-0.2, 0) is 20.2 Å². The molecule has 0 aromatic carbocycles. The fraction of sp³-hybridized carbons (Fsp3) is 0.500. The SMILES string of the molecule is Cc1sc(CNC(C)C)cc1COc1cnn(C)c1. The Morgan fingerprint density at radius 1 is 1.47 bits per heavy atom. The molecule has 0 bridgehead atoms. The molecule has 0 aliphatic rings. The quantitative estimate of drug-likeness (QED) is 0.883. The number of hydrogen-bond donors (Lipinski definition) is 1. The zero-order valence-corrected chi connectivity index (χ0v) is 12.8. The van der Waals surface area contributed by atoms with Crippen LogP contribution in [0.3, 0.4) is 0 Å². The lowest BCUT2D eigenvalue weighted by atomic mass is 10.2. The van der Waals surface area contributed by atoms with Crippen LogP contribution in [0, 0.1) is 6.92 Å². The maximum absolute atomic E-state index is 5.74. The highest BCUT2D eigenvalue weighted by molar-refractivity contribution is 7.12. The van der Waals surface area contributed by atoms with Gasteiger partial charge in [0.15, 0.2) is 5.75 Å². The Morgan fingerprint density at radius 3 is 2.89 bits per heavy atom. The number of hydrogen-bond acceptors (Lipinski definition) is 4. The van der Waals surface area contributed by atoms with Crippen LogP contribution < -0.4 is 10.1 Å². The Labute approximate surface area is 118 Å². The minimum absolute atomic E-state index is 0.512. The molecule has 2 aromatic rings. The average molecular weight is 279 g/mol. The Kier molecular flexibility index (Phi) is 4.61. The molecule has 4 nitrogen and oxygen atoms in total. The molecule has 0 aliphatic carbocycles. The van der Waals surface area contributed by atoms with Gasteiger partial charge in [0.1, 0.15) is 6.61 Å². The van der Waals surface area contributed by atoms with E-state index in [4.69, 9.17) is 4.74 Å². The van der Waals surface area contributed by atoms with E-state index in [2.05, 4.69) is 37.3 Å². The first-order valence-corrected chi connectivity index (χ1v) is 7.29. The summed E-state index contributed by atoms with van der Waals surface area (Å²) < 4.78 is 7.48. The largest absolute Gasteiger partial charge is 0.486 e. The molecule has 1 N–H and O–H groups in total. The van der Waals surface area contributed by atoms with Crippen molar-refractivity contribution in [2.45, 2.75) is 40.0 Å². The molecule has 0 amide bonds. The van der Waals surface area contributed by atoms with Gasteiger partial charge in [-0.1, -0.05) is 13.8 Å². The van der Waals surface area contributed by atoms with E-state index in [1.54, 1.807) is 10.9 Å². The molecule has 104 valence electrons. The van der Waals surface area contributed by atoms with Crippen molar-refractivity contribution < 1.29 is 4.74 Å². The Hall–Kier alpha value is -1.33. The summed E-state index contributed by atoms with van der Waals surface area (Å²) in [7, 11) is 1.89. The highest BCUT2D eigenvalue weighted by Crippen LogP contribution is 2.23. The molecule has 0 radical (unpaired) electrons. The third kappa shape index (κ3) is 4.08. The van der Waals surface area contributed by atoms with Crippen LogP contribution >= 0.6 is 11.3 Å². The van der Waals surface area contributed by atoms with Gasteiger partial charge in [-0.2, -0.15) is 5.10 Å². The third-order valence-corrected chi connectivity index (χ3v) is 3.92. The normalized spacial score (nSPS) is 11.2. The third-order valence-electron chi connectivity index (χ3n) is 2.83. The van der Waals surface area contributed by atoms with Crippen molar-refractivity contribution in [2.75, 3.05) is 0 Å². The van der Waals surface area contributed by atoms with Crippen molar-refractivity contribution >= 4 is 11.3 Å². The maximum Gasteiger partial charge on any atom is 0.157 e. The Morgan fingerprint density at radius 2 is 2.26 bits per heavy atom. The van der Waals surface area contributed by atoms with Gasteiger partial charge in [-0.15, -0.1) is 11.3 Å². The first kappa shape index (κ1) is 14.1. The van der Waals surface area contributed by atoms with Gasteiger partial charge in [0.2, 0.25) is 0 Å². The summed E-state index contributed by atoms with van der Waals surface area (Å²) in [4.78, 5) is 2.68. The zero-order chi connectivity index (χ0) is 13.8. The number of ether oxygens (including phenoxy) is 1. The number of nitrogens with zero attached hydrogens (tertiary/aromatic N) is 2. The molecule has 19 heavy (non-hydrogen) atoms. The summed E-state index contributed by atoms with van der Waals surface area (Å²) >= 11 is 1.83. The molecule has 0 aliphatic heterocycles. The van der Waals surface area contributed by atoms with Gasteiger partial charge in [0.25, 0.3) is 0 Å². The predicted molar refractivity (Wildman–Crippen MR) is 78.6 cm³/mol.